The second-order valence-corrected chi connectivity index (χ2v) is 7.26. The second kappa shape index (κ2) is 5.94. The molecule has 6 nitrogen and oxygen atoms in total. The van der Waals surface area contributed by atoms with Gasteiger partial charge in [0.2, 0.25) is 0 Å². The lowest BCUT2D eigenvalue weighted by atomic mass is 10.1. The van der Waals surface area contributed by atoms with Gasteiger partial charge in [-0.3, -0.25) is 9.48 Å². The van der Waals surface area contributed by atoms with Crippen molar-refractivity contribution < 1.29 is 4.79 Å². The zero-order chi connectivity index (χ0) is 18.5. The molecule has 6 heteroatoms. The molecule has 4 aromatic rings. The monoisotopic (exact) mass is 359 g/mol. The van der Waals surface area contributed by atoms with Crippen molar-refractivity contribution in [3.63, 3.8) is 0 Å². The van der Waals surface area contributed by atoms with Gasteiger partial charge in [0.15, 0.2) is 0 Å². The smallest absolute Gasteiger partial charge is 0.254 e. The molecule has 2 aromatic carbocycles. The van der Waals surface area contributed by atoms with Crippen molar-refractivity contribution in [3.8, 4) is 0 Å². The molecule has 0 radical (unpaired) electrons. The van der Waals surface area contributed by atoms with E-state index in [2.05, 4.69) is 26.9 Å². The number of aryl methyl sites for hydroxylation is 2. The lowest BCUT2D eigenvalue weighted by molar-refractivity contribution is 0.0787. The van der Waals surface area contributed by atoms with Gasteiger partial charge in [-0.15, -0.1) is 0 Å². The van der Waals surface area contributed by atoms with Gasteiger partial charge in [0.25, 0.3) is 5.91 Å². The largest absolute Gasteiger partial charge is 0.336 e. The number of carbonyl (C=O) groups is 1. The van der Waals surface area contributed by atoms with Crippen molar-refractivity contribution in [2.75, 3.05) is 13.1 Å². The van der Waals surface area contributed by atoms with Crippen LogP contribution in [0.4, 0.5) is 0 Å². The number of likely N-dealkylation sites (tertiary alicyclic amines) is 1. The lowest BCUT2D eigenvalue weighted by Crippen LogP contribution is -2.29. The molecule has 1 atom stereocenters. The Hall–Kier alpha value is -3.15. The molecule has 1 saturated heterocycles. The molecule has 27 heavy (non-hydrogen) atoms. The summed E-state index contributed by atoms with van der Waals surface area (Å²) < 4.78 is 4.10. The number of carbonyl (C=O) groups excluding carboxylic acids is 1. The first kappa shape index (κ1) is 16.1. The first-order valence-corrected chi connectivity index (χ1v) is 9.26. The molecule has 1 amide bonds. The predicted octanol–water partition coefficient (Wildman–Crippen LogP) is 3.32. The van der Waals surface area contributed by atoms with Crippen LogP contribution in [0.3, 0.4) is 0 Å². The fourth-order valence-corrected chi connectivity index (χ4v) is 4.04. The number of hydrogen-bond donors (Lipinski definition) is 0. The summed E-state index contributed by atoms with van der Waals surface area (Å²) in [6, 6.07) is 14.2. The second-order valence-electron chi connectivity index (χ2n) is 7.26. The average molecular weight is 359 g/mol. The van der Waals surface area contributed by atoms with Crippen LogP contribution in [0.1, 0.15) is 28.6 Å². The van der Waals surface area contributed by atoms with E-state index < -0.39 is 0 Å². The number of benzene rings is 2. The van der Waals surface area contributed by atoms with Crippen LogP contribution in [0.15, 0.2) is 48.7 Å². The highest BCUT2D eigenvalue weighted by molar-refractivity contribution is 5.97. The molecule has 0 spiro atoms. The Kier molecular flexibility index (Phi) is 3.53. The van der Waals surface area contributed by atoms with Crippen molar-refractivity contribution in [1.29, 1.82) is 0 Å². The average Bonchev–Trinajstić information content (AvgIpc) is 3.39. The summed E-state index contributed by atoms with van der Waals surface area (Å²) in [6.45, 7) is 3.40. The van der Waals surface area contributed by atoms with E-state index in [9.17, 15) is 4.79 Å². The Morgan fingerprint density at radius 1 is 1.15 bits per heavy atom. The predicted molar refractivity (Wildman–Crippen MR) is 105 cm³/mol. The molecule has 136 valence electrons. The Bertz CT molecular complexity index is 1170. The fraction of sp³-hybridized carbons (Fsp3) is 0.286. The van der Waals surface area contributed by atoms with Gasteiger partial charge in [0.05, 0.1) is 28.8 Å². The van der Waals surface area contributed by atoms with E-state index in [1.807, 2.05) is 60.0 Å². The van der Waals surface area contributed by atoms with Gasteiger partial charge in [-0.25, -0.2) is 4.98 Å². The summed E-state index contributed by atoms with van der Waals surface area (Å²) in [4.78, 5) is 19.5. The molecule has 2 aromatic heterocycles. The van der Waals surface area contributed by atoms with Crippen LogP contribution in [0, 0.1) is 6.92 Å². The zero-order valence-corrected chi connectivity index (χ0v) is 15.5. The maximum Gasteiger partial charge on any atom is 0.254 e. The van der Waals surface area contributed by atoms with Crippen LogP contribution in [0.2, 0.25) is 0 Å². The van der Waals surface area contributed by atoms with E-state index in [0.29, 0.717) is 12.1 Å². The minimum absolute atomic E-state index is 0.0687. The summed E-state index contributed by atoms with van der Waals surface area (Å²) in [5.74, 6) is 1.01. The summed E-state index contributed by atoms with van der Waals surface area (Å²) in [5, 5.41) is 5.70. The highest BCUT2D eigenvalue weighted by Crippen LogP contribution is 2.27. The van der Waals surface area contributed by atoms with E-state index in [1.165, 1.54) is 0 Å². The third-order valence-corrected chi connectivity index (χ3v) is 5.65. The standard InChI is InChI=1S/C21H21N5O/c1-14-23-18-11-15(7-8-20(18)24(14)2)21(27)25-10-9-17(13-25)26-19-6-4-3-5-16(19)12-22-26/h3-8,11-12,17H,9-10,13H2,1-2H3. The molecule has 0 aliphatic carbocycles. The maximum atomic E-state index is 13.0. The minimum Gasteiger partial charge on any atom is -0.336 e. The molecular weight excluding hydrogens is 338 g/mol. The molecule has 0 N–H and O–H groups in total. The van der Waals surface area contributed by atoms with Gasteiger partial charge >= 0.3 is 0 Å². The molecule has 5 rings (SSSR count). The lowest BCUT2D eigenvalue weighted by Gasteiger charge is -2.17. The van der Waals surface area contributed by atoms with Crippen molar-refractivity contribution in [1.82, 2.24) is 24.2 Å². The third-order valence-electron chi connectivity index (χ3n) is 5.65. The molecule has 1 aliphatic rings. The first-order valence-electron chi connectivity index (χ1n) is 9.26. The van der Waals surface area contributed by atoms with Gasteiger partial charge in [-0.05, 0) is 37.6 Å². The number of para-hydroxylation sites is 1. The molecule has 0 saturated carbocycles. The van der Waals surface area contributed by atoms with Crippen LogP contribution in [-0.2, 0) is 7.05 Å². The Morgan fingerprint density at radius 3 is 2.89 bits per heavy atom. The van der Waals surface area contributed by atoms with E-state index in [1.54, 1.807) is 0 Å². The molecule has 3 heterocycles. The number of amides is 1. The number of fused-ring (bicyclic) bond motifs is 2. The van der Waals surface area contributed by atoms with Crippen LogP contribution < -0.4 is 0 Å². The molecule has 1 unspecified atom stereocenters. The van der Waals surface area contributed by atoms with Crippen molar-refractivity contribution in [2.24, 2.45) is 7.05 Å². The van der Waals surface area contributed by atoms with E-state index >= 15 is 0 Å². The highest BCUT2D eigenvalue weighted by Gasteiger charge is 2.29. The number of nitrogens with zero attached hydrogens (tertiary/aromatic N) is 5. The topological polar surface area (TPSA) is 56.0 Å². The van der Waals surface area contributed by atoms with Gasteiger partial charge in [0.1, 0.15) is 5.82 Å². The van der Waals surface area contributed by atoms with E-state index in [4.69, 9.17) is 0 Å². The zero-order valence-electron chi connectivity index (χ0n) is 15.5. The number of imidazole rings is 1. The summed E-state index contributed by atoms with van der Waals surface area (Å²) in [7, 11) is 1.99. The summed E-state index contributed by atoms with van der Waals surface area (Å²) >= 11 is 0. The fourth-order valence-electron chi connectivity index (χ4n) is 4.04. The minimum atomic E-state index is 0.0687. The summed E-state index contributed by atoms with van der Waals surface area (Å²) in [6.07, 6.45) is 2.82. The molecule has 1 aliphatic heterocycles. The molecule has 0 bridgehead atoms. The van der Waals surface area contributed by atoms with Crippen LogP contribution >= 0.6 is 0 Å². The maximum absolute atomic E-state index is 13.0. The Balaban J connectivity index is 1.40. The van der Waals surface area contributed by atoms with Gasteiger partial charge in [-0.2, -0.15) is 5.10 Å². The number of aromatic nitrogens is 4. The normalized spacial score (nSPS) is 17.3. The van der Waals surface area contributed by atoms with Crippen LogP contribution in [0.5, 0.6) is 0 Å². The van der Waals surface area contributed by atoms with E-state index in [0.717, 1.165) is 40.7 Å². The molecular formula is C21H21N5O. The quantitative estimate of drug-likeness (QED) is 0.552. The van der Waals surface area contributed by atoms with Crippen molar-refractivity contribution in [3.05, 3.63) is 60.0 Å². The molecule has 1 fully saturated rings. The Labute approximate surface area is 157 Å². The van der Waals surface area contributed by atoms with Crippen molar-refractivity contribution >= 4 is 27.8 Å². The van der Waals surface area contributed by atoms with E-state index in [-0.39, 0.29) is 11.9 Å². The first-order chi connectivity index (χ1) is 13.1. The number of rotatable bonds is 2. The van der Waals surface area contributed by atoms with Crippen LogP contribution in [-0.4, -0.2) is 43.2 Å². The van der Waals surface area contributed by atoms with Gasteiger partial charge in [-0.1, -0.05) is 18.2 Å². The van der Waals surface area contributed by atoms with Crippen molar-refractivity contribution in [2.45, 2.75) is 19.4 Å². The van der Waals surface area contributed by atoms with Gasteiger partial charge in [0, 0.05) is 31.1 Å². The highest BCUT2D eigenvalue weighted by atomic mass is 16.2. The Morgan fingerprint density at radius 2 is 2.00 bits per heavy atom. The number of hydrogen-bond acceptors (Lipinski definition) is 3. The SMILES string of the molecule is Cc1nc2cc(C(=O)N3CCC(n4ncc5ccccc54)C3)ccc2n1C. The summed E-state index contributed by atoms with van der Waals surface area (Å²) in [5.41, 5.74) is 3.75. The third kappa shape index (κ3) is 2.51. The van der Waals surface area contributed by atoms with Gasteiger partial charge < -0.3 is 9.47 Å². The van der Waals surface area contributed by atoms with Crippen LogP contribution in [0.25, 0.3) is 21.9 Å².